The van der Waals surface area contributed by atoms with Gasteiger partial charge in [0.1, 0.15) is 0 Å². The van der Waals surface area contributed by atoms with Crippen molar-refractivity contribution in [3.05, 3.63) is 54.4 Å². The number of nitrogens with zero attached hydrogens (tertiary/aromatic N) is 4. The number of pyridine rings is 1. The van der Waals surface area contributed by atoms with Crippen LogP contribution in [0.4, 0.5) is 0 Å². The van der Waals surface area contributed by atoms with Gasteiger partial charge < -0.3 is 9.80 Å². The molecule has 3 heterocycles. The largest absolute Gasteiger partial charge is 0.341 e. The van der Waals surface area contributed by atoms with Crippen molar-refractivity contribution >= 4 is 11.8 Å². The number of aromatic nitrogens is 1. The van der Waals surface area contributed by atoms with Gasteiger partial charge in [-0.1, -0.05) is 24.6 Å². The van der Waals surface area contributed by atoms with E-state index in [4.69, 9.17) is 0 Å². The molecule has 0 radical (unpaired) electrons. The van der Waals surface area contributed by atoms with Crippen LogP contribution >= 0.6 is 0 Å². The van der Waals surface area contributed by atoms with Crippen LogP contribution in [0, 0.1) is 5.92 Å². The SMILES string of the molecule is O=C(c1ccc(-c2cccnc2)cc1)N1CC(C(=O)N2CCCN(C3CCC3)CC2)C1. The summed E-state index contributed by atoms with van der Waals surface area (Å²) in [6, 6.07) is 12.3. The topological polar surface area (TPSA) is 56.8 Å². The first-order valence-corrected chi connectivity index (χ1v) is 11.5. The normalized spacial score (nSPS) is 20.6. The highest BCUT2D eigenvalue weighted by molar-refractivity contribution is 5.96. The molecule has 0 bridgehead atoms. The lowest BCUT2D eigenvalue weighted by molar-refractivity contribution is -0.139. The summed E-state index contributed by atoms with van der Waals surface area (Å²) < 4.78 is 0. The van der Waals surface area contributed by atoms with Gasteiger partial charge in [0, 0.05) is 63.3 Å². The molecule has 2 saturated heterocycles. The van der Waals surface area contributed by atoms with Crippen molar-refractivity contribution in [3.63, 3.8) is 0 Å². The average molecular weight is 419 g/mol. The Balaban J connectivity index is 1.13. The van der Waals surface area contributed by atoms with Crippen LogP contribution < -0.4 is 0 Å². The Hall–Kier alpha value is -2.73. The maximum Gasteiger partial charge on any atom is 0.253 e. The Kier molecular flexibility index (Phi) is 5.72. The monoisotopic (exact) mass is 418 g/mol. The van der Waals surface area contributed by atoms with Crippen molar-refractivity contribution < 1.29 is 9.59 Å². The summed E-state index contributed by atoms with van der Waals surface area (Å²) in [7, 11) is 0. The van der Waals surface area contributed by atoms with Crippen molar-refractivity contribution in [3.8, 4) is 11.1 Å². The second kappa shape index (κ2) is 8.79. The average Bonchev–Trinajstić information content (AvgIpc) is 2.98. The van der Waals surface area contributed by atoms with E-state index in [1.807, 2.05) is 47.5 Å². The van der Waals surface area contributed by atoms with E-state index < -0.39 is 0 Å². The molecule has 0 unspecified atom stereocenters. The van der Waals surface area contributed by atoms with Crippen LogP contribution in [0.15, 0.2) is 48.8 Å². The summed E-state index contributed by atoms with van der Waals surface area (Å²) >= 11 is 0. The predicted octanol–water partition coefficient (Wildman–Crippen LogP) is 2.91. The first-order chi connectivity index (χ1) is 15.2. The van der Waals surface area contributed by atoms with E-state index >= 15 is 0 Å². The minimum atomic E-state index is -0.0473. The van der Waals surface area contributed by atoms with Gasteiger partial charge in [-0.2, -0.15) is 0 Å². The highest BCUT2D eigenvalue weighted by Crippen LogP contribution is 2.27. The van der Waals surface area contributed by atoms with E-state index in [2.05, 4.69) is 9.88 Å². The fraction of sp³-hybridized carbons (Fsp3) is 0.480. The van der Waals surface area contributed by atoms with Crippen molar-refractivity contribution in [1.29, 1.82) is 0 Å². The second-order valence-corrected chi connectivity index (χ2v) is 9.03. The highest BCUT2D eigenvalue weighted by atomic mass is 16.2. The van der Waals surface area contributed by atoms with Gasteiger partial charge in [-0.25, -0.2) is 0 Å². The van der Waals surface area contributed by atoms with E-state index in [1.165, 1.54) is 19.3 Å². The summed E-state index contributed by atoms with van der Waals surface area (Å²) in [5, 5.41) is 0. The summed E-state index contributed by atoms with van der Waals surface area (Å²) in [6.07, 6.45) is 8.60. The van der Waals surface area contributed by atoms with Crippen LogP contribution in [0.3, 0.4) is 0 Å². The molecule has 3 fully saturated rings. The Morgan fingerprint density at radius 2 is 1.65 bits per heavy atom. The maximum atomic E-state index is 13.0. The molecule has 2 amide bonds. The van der Waals surface area contributed by atoms with E-state index in [1.54, 1.807) is 11.1 Å². The fourth-order valence-corrected chi connectivity index (χ4v) is 4.85. The molecule has 2 aliphatic heterocycles. The van der Waals surface area contributed by atoms with E-state index in [9.17, 15) is 9.59 Å². The molecule has 5 rings (SSSR count). The number of hydrogen-bond acceptors (Lipinski definition) is 4. The number of benzene rings is 1. The van der Waals surface area contributed by atoms with Crippen LogP contribution in [0.2, 0.25) is 0 Å². The zero-order valence-electron chi connectivity index (χ0n) is 17.9. The van der Waals surface area contributed by atoms with Gasteiger partial charge >= 0.3 is 0 Å². The molecule has 1 aliphatic carbocycles. The van der Waals surface area contributed by atoms with Crippen molar-refractivity contribution in [1.82, 2.24) is 19.7 Å². The Morgan fingerprint density at radius 3 is 2.32 bits per heavy atom. The number of amides is 2. The first-order valence-electron chi connectivity index (χ1n) is 11.5. The zero-order chi connectivity index (χ0) is 21.2. The fourth-order valence-electron chi connectivity index (χ4n) is 4.85. The molecule has 0 N–H and O–H groups in total. The zero-order valence-corrected chi connectivity index (χ0v) is 17.9. The molecule has 6 nitrogen and oxygen atoms in total. The van der Waals surface area contributed by atoms with Gasteiger partial charge in [-0.15, -0.1) is 0 Å². The minimum absolute atomic E-state index is 0.00816. The van der Waals surface area contributed by atoms with Crippen LogP contribution in [-0.2, 0) is 4.79 Å². The summed E-state index contributed by atoms with van der Waals surface area (Å²) in [5.41, 5.74) is 2.74. The molecular weight excluding hydrogens is 388 g/mol. The van der Waals surface area contributed by atoms with E-state index in [-0.39, 0.29) is 17.7 Å². The number of likely N-dealkylation sites (tertiary alicyclic amines) is 1. The van der Waals surface area contributed by atoms with Crippen LogP contribution in [0.1, 0.15) is 36.0 Å². The van der Waals surface area contributed by atoms with Gasteiger partial charge in [0.25, 0.3) is 5.91 Å². The number of rotatable bonds is 4. The number of hydrogen-bond donors (Lipinski definition) is 0. The third-order valence-corrected chi connectivity index (χ3v) is 7.08. The third kappa shape index (κ3) is 4.22. The predicted molar refractivity (Wildman–Crippen MR) is 119 cm³/mol. The quantitative estimate of drug-likeness (QED) is 0.766. The minimum Gasteiger partial charge on any atom is -0.341 e. The lowest BCUT2D eigenvalue weighted by Crippen LogP contribution is -2.56. The van der Waals surface area contributed by atoms with Gasteiger partial charge in [-0.05, 0) is 48.6 Å². The molecule has 6 heteroatoms. The molecule has 1 aromatic heterocycles. The second-order valence-electron chi connectivity index (χ2n) is 9.03. The third-order valence-electron chi connectivity index (χ3n) is 7.08. The Morgan fingerprint density at radius 1 is 0.839 bits per heavy atom. The number of carbonyl (C=O) groups excluding carboxylic acids is 2. The van der Waals surface area contributed by atoms with Crippen LogP contribution in [0.5, 0.6) is 0 Å². The molecule has 1 aromatic carbocycles. The first kappa shape index (κ1) is 20.2. The lowest BCUT2D eigenvalue weighted by Gasteiger charge is -2.40. The van der Waals surface area contributed by atoms with Crippen molar-refractivity contribution in [2.24, 2.45) is 5.92 Å². The maximum absolute atomic E-state index is 13.0. The van der Waals surface area contributed by atoms with Gasteiger partial charge in [0.05, 0.1) is 5.92 Å². The molecule has 3 aliphatic rings. The van der Waals surface area contributed by atoms with Gasteiger partial charge in [-0.3, -0.25) is 19.5 Å². The smallest absolute Gasteiger partial charge is 0.253 e. The standard InChI is InChI=1S/C25H30N4O2/c30-24(20-9-7-19(8-10-20)21-4-2-11-26-16-21)29-17-22(18-29)25(31)28-13-3-12-27(14-15-28)23-5-1-6-23/h2,4,7-11,16,22-23H,1,3,5-6,12-15,17-18H2. The Labute approximate surface area is 183 Å². The number of carbonyl (C=O) groups is 2. The van der Waals surface area contributed by atoms with Gasteiger partial charge in [0.15, 0.2) is 0 Å². The molecular formula is C25H30N4O2. The van der Waals surface area contributed by atoms with Crippen molar-refractivity contribution in [2.45, 2.75) is 31.7 Å². The molecule has 0 atom stereocenters. The molecule has 2 aromatic rings. The highest BCUT2D eigenvalue weighted by Gasteiger charge is 2.39. The van der Waals surface area contributed by atoms with E-state index in [0.29, 0.717) is 18.7 Å². The van der Waals surface area contributed by atoms with Crippen molar-refractivity contribution in [2.75, 3.05) is 39.3 Å². The van der Waals surface area contributed by atoms with E-state index in [0.717, 1.165) is 49.8 Å². The van der Waals surface area contributed by atoms with Crippen LogP contribution in [-0.4, -0.2) is 76.8 Å². The van der Waals surface area contributed by atoms with Crippen LogP contribution in [0.25, 0.3) is 11.1 Å². The summed E-state index contributed by atoms with van der Waals surface area (Å²) in [4.78, 5) is 36.3. The summed E-state index contributed by atoms with van der Waals surface area (Å²) in [6.45, 7) is 4.85. The lowest BCUT2D eigenvalue weighted by atomic mass is 9.91. The van der Waals surface area contributed by atoms with Gasteiger partial charge in [0.2, 0.25) is 5.91 Å². The molecule has 162 valence electrons. The molecule has 0 spiro atoms. The molecule has 31 heavy (non-hydrogen) atoms. The molecule has 1 saturated carbocycles. The Bertz CT molecular complexity index is 920. The summed E-state index contributed by atoms with van der Waals surface area (Å²) in [5.74, 6) is 0.189.